The highest BCUT2D eigenvalue weighted by Gasteiger charge is 2.32. The minimum Gasteiger partial charge on any atom is -0.484 e. The summed E-state index contributed by atoms with van der Waals surface area (Å²) in [5.41, 5.74) is 1.25. The Balaban J connectivity index is 1.35. The third kappa shape index (κ3) is 4.49. The molecule has 0 radical (unpaired) electrons. The molecule has 0 saturated heterocycles. The van der Waals surface area contributed by atoms with Crippen LogP contribution >= 0.6 is 11.3 Å². The average molecular weight is 391 g/mol. The van der Waals surface area contributed by atoms with Gasteiger partial charge in [-0.05, 0) is 48.6 Å². The van der Waals surface area contributed by atoms with E-state index in [1.54, 1.807) is 47.7 Å². The molecule has 0 bridgehead atoms. The molecule has 4 nitrogen and oxygen atoms in total. The minimum atomic E-state index is -0.0286. The lowest BCUT2D eigenvalue weighted by atomic mass is 10.0. The highest BCUT2D eigenvalue weighted by Crippen LogP contribution is 2.29. The molecule has 1 heterocycles. The van der Waals surface area contributed by atoms with Gasteiger partial charge in [0.25, 0.3) is 5.91 Å². The number of benzene rings is 2. The second-order valence-corrected chi connectivity index (χ2v) is 7.87. The number of ether oxygens (including phenoxy) is 1. The number of thiophene rings is 1. The van der Waals surface area contributed by atoms with E-state index < -0.39 is 0 Å². The SMILES string of the molecule is O=C(c1ccccc1)c1ccc(OCC(=O)N(Cc2cccs2)C2CC2)cc1. The first kappa shape index (κ1) is 18.4. The van der Waals surface area contributed by atoms with E-state index in [9.17, 15) is 9.59 Å². The summed E-state index contributed by atoms with van der Waals surface area (Å²) in [5, 5.41) is 2.03. The molecule has 142 valence electrons. The molecular weight excluding hydrogens is 370 g/mol. The van der Waals surface area contributed by atoms with Gasteiger partial charge < -0.3 is 9.64 Å². The first-order chi connectivity index (χ1) is 13.7. The Labute approximate surface area is 168 Å². The quantitative estimate of drug-likeness (QED) is 0.529. The molecule has 28 heavy (non-hydrogen) atoms. The fourth-order valence-electron chi connectivity index (χ4n) is 3.06. The van der Waals surface area contributed by atoms with E-state index in [0.717, 1.165) is 12.8 Å². The maximum absolute atomic E-state index is 12.6. The zero-order valence-electron chi connectivity index (χ0n) is 15.4. The van der Waals surface area contributed by atoms with E-state index in [1.165, 1.54) is 4.88 Å². The second kappa shape index (κ2) is 8.40. The summed E-state index contributed by atoms with van der Waals surface area (Å²) in [6.45, 7) is 0.656. The highest BCUT2D eigenvalue weighted by atomic mass is 32.1. The van der Waals surface area contributed by atoms with Crippen molar-refractivity contribution < 1.29 is 14.3 Å². The fourth-order valence-corrected chi connectivity index (χ4v) is 3.77. The summed E-state index contributed by atoms with van der Waals surface area (Å²) in [6, 6.07) is 20.5. The lowest BCUT2D eigenvalue weighted by Crippen LogP contribution is -2.36. The van der Waals surface area contributed by atoms with Gasteiger partial charge in [-0.1, -0.05) is 36.4 Å². The molecule has 2 aromatic carbocycles. The van der Waals surface area contributed by atoms with Gasteiger partial charge in [-0.2, -0.15) is 0 Å². The zero-order chi connectivity index (χ0) is 19.3. The van der Waals surface area contributed by atoms with E-state index in [0.29, 0.717) is 29.5 Å². The second-order valence-electron chi connectivity index (χ2n) is 6.84. The maximum Gasteiger partial charge on any atom is 0.261 e. The summed E-state index contributed by atoms with van der Waals surface area (Å²) >= 11 is 1.66. The summed E-state index contributed by atoms with van der Waals surface area (Å²) < 4.78 is 5.69. The summed E-state index contributed by atoms with van der Waals surface area (Å²) in [6.07, 6.45) is 2.13. The summed E-state index contributed by atoms with van der Waals surface area (Å²) in [7, 11) is 0. The van der Waals surface area contributed by atoms with Gasteiger partial charge in [0, 0.05) is 22.0 Å². The Bertz CT molecular complexity index is 932. The van der Waals surface area contributed by atoms with Gasteiger partial charge in [0.1, 0.15) is 5.75 Å². The third-order valence-corrected chi connectivity index (χ3v) is 5.59. The number of carbonyl (C=O) groups is 2. The van der Waals surface area contributed by atoms with Crippen LogP contribution in [0.15, 0.2) is 72.1 Å². The van der Waals surface area contributed by atoms with Crippen molar-refractivity contribution in [1.82, 2.24) is 4.90 Å². The fraction of sp³-hybridized carbons (Fsp3) is 0.217. The topological polar surface area (TPSA) is 46.6 Å². The van der Waals surface area contributed by atoms with Crippen LogP contribution in [0.2, 0.25) is 0 Å². The molecule has 4 rings (SSSR count). The molecule has 0 spiro atoms. The van der Waals surface area contributed by atoms with E-state index >= 15 is 0 Å². The normalized spacial score (nSPS) is 13.1. The van der Waals surface area contributed by atoms with Crippen molar-refractivity contribution in [3.63, 3.8) is 0 Å². The summed E-state index contributed by atoms with van der Waals surface area (Å²) in [5.74, 6) is 0.559. The van der Waals surface area contributed by atoms with Gasteiger partial charge in [-0.25, -0.2) is 0 Å². The molecule has 0 N–H and O–H groups in total. The predicted molar refractivity (Wildman–Crippen MR) is 110 cm³/mol. The lowest BCUT2D eigenvalue weighted by molar-refractivity contribution is -0.134. The number of rotatable bonds is 8. The van der Waals surface area contributed by atoms with Crippen LogP contribution in [-0.2, 0) is 11.3 Å². The van der Waals surface area contributed by atoms with Crippen LogP contribution in [0.5, 0.6) is 5.75 Å². The number of ketones is 1. The smallest absolute Gasteiger partial charge is 0.261 e. The van der Waals surface area contributed by atoms with Gasteiger partial charge in [0.15, 0.2) is 12.4 Å². The van der Waals surface area contributed by atoms with Crippen LogP contribution in [0, 0.1) is 0 Å². The van der Waals surface area contributed by atoms with Crippen molar-refractivity contribution >= 4 is 23.0 Å². The first-order valence-electron chi connectivity index (χ1n) is 9.35. The predicted octanol–water partition coefficient (Wildman–Crippen LogP) is 4.55. The van der Waals surface area contributed by atoms with Crippen LogP contribution in [0.25, 0.3) is 0 Å². The number of nitrogens with zero attached hydrogens (tertiary/aromatic N) is 1. The van der Waals surface area contributed by atoms with E-state index in [2.05, 4.69) is 6.07 Å². The average Bonchev–Trinajstić information content (AvgIpc) is 3.46. The van der Waals surface area contributed by atoms with Gasteiger partial charge in [-0.15, -0.1) is 11.3 Å². The molecule has 1 aromatic heterocycles. The lowest BCUT2D eigenvalue weighted by Gasteiger charge is -2.22. The molecule has 0 atom stereocenters. The highest BCUT2D eigenvalue weighted by molar-refractivity contribution is 7.09. The minimum absolute atomic E-state index is 0.000313. The third-order valence-electron chi connectivity index (χ3n) is 4.73. The molecule has 1 saturated carbocycles. The number of carbonyl (C=O) groups excluding carboxylic acids is 2. The van der Waals surface area contributed by atoms with Crippen molar-refractivity contribution in [3.05, 3.63) is 88.1 Å². The molecular formula is C23H21NO3S. The standard InChI is InChI=1S/C23H21NO3S/c25-22(24(19-10-11-19)15-21-7-4-14-28-21)16-27-20-12-8-18(9-13-20)23(26)17-5-2-1-3-6-17/h1-9,12-14,19H,10-11,15-16H2. The number of hydrogen-bond donors (Lipinski definition) is 0. The van der Waals surface area contributed by atoms with Gasteiger partial charge in [-0.3, -0.25) is 9.59 Å². The van der Waals surface area contributed by atoms with Crippen LogP contribution in [0.3, 0.4) is 0 Å². The van der Waals surface area contributed by atoms with Crippen molar-refractivity contribution in [3.8, 4) is 5.75 Å². The molecule has 5 heteroatoms. The Morgan fingerprint density at radius 2 is 1.64 bits per heavy atom. The van der Waals surface area contributed by atoms with Crippen LogP contribution < -0.4 is 4.74 Å². The van der Waals surface area contributed by atoms with Gasteiger partial charge in [0.2, 0.25) is 0 Å². The molecule has 1 aliphatic carbocycles. The molecule has 1 aliphatic rings. The number of hydrogen-bond acceptors (Lipinski definition) is 4. The molecule has 1 fully saturated rings. The number of amides is 1. The van der Waals surface area contributed by atoms with Crippen LogP contribution in [-0.4, -0.2) is 29.2 Å². The maximum atomic E-state index is 12.6. The van der Waals surface area contributed by atoms with E-state index in [-0.39, 0.29) is 18.3 Å². The van der Waals surface area contributed by atoms with Crippen molar-refractivity contribution in [2.45, 2.75) is 25.4 Å². The van der Waals surface area contributed by atoms with Crippen molar-refractivity contribution in [1.29, 1.82) is 0 Å². The van der Waals surface area contributed by atoms with Crippen molar-refractivity contribution in [2.24, 2.45) is 0 Å². The Hall–Kier alpha value is -2.92. The largest absolute Gasteiger partial charge is 0.484 e. The van der Waals surface area contributed by atoms with Crippen LogP contribution in [0.1, 0.15) is 33.6 Å². The Morgan fingerprint density at radius 1 is 0.929 bits per heavy atom. The first-order valence-corrected chi connectivity index (χ1v) is 10.2. The molecule has 0 aliphatic heterocycles. The monoisotopic (exact) mass is 391 g/mol. The van der Waals surface area contributed by atoms with Crippen molar-refractivity contribution in [2.75, 3.05) is 6.61 Å². The van der Waals surface area contributed by atoms with E-state index in [4.69, 9.17) is 4.74 Å². The van der Waals surface area contributed by atoms with Gasteiger partial charge in [0.05, 0.1) is 6.54 Å². The Kier molecular flexibility index (Phi) is 5.53. The zero-order valence-corrected chi connectivity index (χ0v) is 16.2. The van der Waals surface area contributed by atoms with Gasteiger partial charge >= 0.3 is 0 Å². The van der Waals surface area contributed by atoms with Crippen LogP contribution in [0.4, 0.5) is 0 Å². The molecule has 0 unspecified atom stereocenters. The van der Waals surface area contributed by atoms with E-state index in [1.807, 2.05) is 34.5 Å². The summed E-state index contributed by atoms with van der Waals surface area (Å²) in [4.78, 5) is 28.2. The molecule has 3 aromatic rings. The molecule has 1 amide bonds. The Morgan fingerprint density at radius 3 is 2.29 bits per heavy atom.